The fourth-order valence-electron chi connectivity index (χ4n) is 0.932. The van der Waals surface area contributed by atoms with Crippen molar-refractivity contribution in [3.8, 4) is 6.07 Å². The van der Waals surface area contributed by atoms with Crippen LogP contribution in [0.15, 0.2) is 0 Å². The molecule has 0 heterocycles. The number of nitrogens with one attached hydrogen (secondary N) is 2. The van der Waals surface area contributed by atoms with Crippen molar-refractivity contribution in [2.75, 3.05) is 26.8 Å². The molecular weight excluding hydrogens is 182 g/mol. The van der Waals surface area contributed by atoms with Gasteiger partial charge >= 0.3 is 0 Å². The molecule has 0 atom stereocenters. The molecule has 0 unspecified atom stereocenters. The standard InChI is InChI=1S/C9H17N3O2/c1-9(2,7-14-3)12-6-8(13)11-5-4-10/h12H,5-7H2,1-3H3,(H,11,13). The van der Waals surface area contributed by atoms with Crippen LogP contribution < -0.4 is 10.6 Å². The van der Waals surface area contributed by atoms with Crippen LogP contribution in [0.1, 0.15) is 13.8 Å². The van der Waals surface area contributed by atoms with E-state index in [1.807, 2.05) is 19.9 Å². The second-order valence-electron chi connectivity index (χ2n) is 3.61. The van der Waals surface area contributed by atoms with Gasteiger partial charge in [-0.2, -0.15) is 5.26 Å². The summed E-state index contributed by atoms with van der Waals surface area (Å²) < 4.78 is 4.97. The lowest BCUT2D eigenvalue weighted by molar-refractivity contribution is -0.120. The molecule has 0 fully saturated rings. The first-order chi connectivity index (χ1) is 6.52. The maximum Gasteiger partial charge on any atom is 0.234 e. The van der Waals surface area contributed by atoms with Gasteiger partial charge in [0.25, 0.3) is 0 Å². The van der Waals surface area contributed by atoms with Crippen molar-refractivity contribution in [3.05, 3.63) is 0 Å². The van der Waals surface area contributed by atoms with E-state index in [-0.39, 0.29) is 24.5 Å². The maximum atomic E-state index is 11.1. The van der Waals surface area contributed by atoms with Crippen LogP contribution in [-0.4, -0.2) is 38.3 Å². The van der Waals surface area contributed by atoms with E-state index < -0.39 is 0 Å². The molecule has 0 aromatic rings. The normalized spacial score (nSPS) is 10.7. The fraction of sp³-hybridized carbons (Fsp3) is 0.778. The van der Waals surface area contributed by atoms with E-state index in [9.17, 15) is 4.79 Å². The van der Waals surface area contributed by atoms with Crippen molar-refractivity contribution in [3.63, 3.8) is 0 Å². The molecule has 0 aliphatic heterocycles. The predicted molar refractivity (Wildman–Crippen MR) is 52.6 cm³/mol. The zero-order valence-corrected chi connectivity index (χ0v) is 8.89. The van der Waals surface area contributed by atoms with Gasteiger partial charge in [-0.3, -0.25) is 4.79 Å². The average molecular weight is 199 g/mol. The van der Waals surface area contributed by atoms with E-state index in [1.165, 1.54) is 0 Å². The van der Waals surface area contributed by atoms with Gasteiger partial charge in [-0.25, -0.2) is 0 Å². The molecule has 0 aliphatic carbocycles. The van der Waals surface area contributed by atoms with Gasteiger partial charge in [-0.05, 0) is 13.8 Å². The molecule has 1 amide bonds. The lowest BCUT2D eigenvalue weighted by atomic mass is 10.1. The summed E-state index contributed by atoms with van der Waals surface area (Å²) in [5, 5.41) is 13.7. The maximum absolute atomic E-state index is 11.1. The molecule has 0 spiro atoms. The van der Waals surface area contributed by atoms with E-state index >= 15 is 0 Å². The number of amides is 1. The van der Waals surface area contributed by atoms with Gasteiger partial charge in [0.05, 0.1) is 19.2 Å². The van der Waals surface area contributed by atoms with Gasteiger partial charge in [-0.15, -0.1) is 0 Å². The Balaban J connectivity index is 3.71. The van der Waals surface area contributed by atoms with E-state index in [2.05, 4.69) is 10.6 Å². The summed E-state index contributed by atoms with van der Waals surface area (Å²) in [7, 11) is 1.61. The third-order valence-corrected chi connectivity index (χ3v) is 1.60. The molecule has 0 saturated heterocycles. The molecule has 5 nitrogen and oxygen atoms in total. The topological polar surface area (TPSA) is 74.2 Å². The first kappa shape index (κ1) is 12.9. The Morgan fingerprint density at radius 2 is 2.21 bits per heavy atom. The monoisotopic (exact) mass is 199 g/mol. The average Bonchev–Trinajstić information content (AvgIpc) is 2.11. The van der Waals surface area contributed by atoms with Crippen LogP contribution in [0.5, 0.6) is 0 Å². The number of nitrogens with zero attached hydrogens (tertiary/aromatic N) is 1. The molecular formula is C9H17N3O2. The van der Waals surface area contributed by atoms with Gasteiger partial charge in [0, 0.05) is 12.6 Å². The largest absolute Gasteiger partial charge is 0.383 e. The SMILES string of the molecule is COCC(C)(C)NCC(=O)NCC#N. The quantitative estimate of drug-likeness (QED) is 0.573. The number of carbonyl (C=O) groups is 1. The first-order valence-electron chi connectivity index (χ1n) is 4.39. The third kappa shape index (κ3) is 6.40. The van der Waals surface area contributed by atoms with Crippen LogP contribution in [0.3, 0.4) is 0 Å². The van der Waals surface area contributed by atoms with Gasteiger partial charge < -0.3 is 15.4 Å². The Morgan fingerprint density at radius 3 is 2.71 bits per heavy atom. The van der Waals surface area contributed by atoms with Crippen molar-refractivity contribution in [2.45, 2.75) is 19.4 Å². The zero-order chi connectivity index (χ0) is 11.0. The Labute approximate surface area is 84.4 Å². The molecule has 14 heavy (non-hydrogen) atoms. The van der Waals surface area contributed by atoms with Gasteiger partial charge in [0.2, 0.25) is 5.91 Å². The molecule has 2 N–H and O–H groups in total. The van der Waals surface area contributed by atoms with Crippen LogP contribution >= 0.6 is 0 Å². The molecule has 80 valence electrons. The number of hydrogen-bond donors (Lipinski definition) is 2. The van der Waals surface area contributed by atoms with Gasteiger partial charge in [0.15, 0.2) is 0 Å². The van der Waals surface area contributed by atoms with Crippen molar-refractivity contribution in [2.24, 2.45) is 0 Å². The number of carbonyl (C=O) groups excluding carboxylic acids is 1. The van der Waals surface area contributed by atoms with Crippen LogP contribution in [-0.2, 0) is 9.53 Å². The summed E-state index contributed by atoms with van der Waals surface area (Å²) >= 11 is 0. The summed E-state index contributed by atoms with van der Waals surface area (Å²) in [6, 6.07) is 1.84. The molecule has 0 aromatic carbocycles. The lowest BCUT2D eigenvalue weighted by Gasteiger charge is -2.24. The molecule has 0 radical (unpaired) electrons. The predicted octanol–water partition coefficient (Wildman–Crippen LogP) is -0.359. The highest BCUT2D eigenvalue weighted by Crippen LogP contribution is 2.00. The van der Waals surface area contributed by atoms with Crippen LogP contribution in [0.4, 0.5) is 0 Å². The van der Waals surface area contributed by atoms with E-state index in [1.54, 1.807) is 7.11 Å². The molecule has 0 aromatic heterocycles. The minimum Gasteiger partial charge on any atom is -0.383 e. The lowest BCUT2D eigenvalue weighted by Crippen LogP contribution is -2.48. The Hall–Kier alpha value is -1.12. The van der Waals surface area contributed by atoms with Crippen molar-refractivity contribution >= 4 is 5.91 Å². The number of hydrogen-bond acceptors (Lipinski definition) is 4. The summed E-state index contributed by atoms with van der Waals surface area (Å²) in [6.07, 6.45) is 0. The summed E-state index contributed by atoms with van der Waals surface area (Å²) in [5.41, 5.74) is -0.237. The van der Waals surface area contributed by atoms with Crippen LogP contribution in [0.25, 0.3) is 0 Å². The smallest absolute Gasteiger partial charge is 0.234 e. The van der Waals surface area contributed by atoms with E-state index in [4.69, 9.17) is 10.00 Å². The number of nitriles is 1. The molecule has 0 rings (SSSR count). The highest BCUT2D eigenvalue weighted by Gasteiger charge is 2.17. The third-order valence-electron chi connectivity index (χ3n) is 1.60. The van der Waals surface area contributed by atoms with Gasteiger partial charge in [0.1, 0.15) is 6.54 Å². The van der Waals surface area contributed by atoms with Crippen molar-refractivity contribution < 1.29 is 9.53 Å². The summed E-state index contributed by atoms with van der Waals surface area (Å²) in [5.74, 6) is -0.185. The van der Waals surface area contributed by atoms with Crippen LogP contribution in [0.2, 0.25) is 0 Å². The minimum absolute atomic E-state index is 0.0468. The Bertz CT molecular complexity index is 221. The summed E-state index contributed by atoms with van der Waals surface area (Å²) in [4.78, 5) is 11.1. The van der Waals surface area contributed by atoms with E-state index in [0.717, 1.165) is 0 Å². The van der Waals surface area contributed by atoms with Gasteiger partial charge in [-0.1, -0.05) is 0 Å². The molecule has 0 bridgehead atoms. The Kier molecular flexibility index (Phi) is 5.84. The van der Waals surface area contributed by atoms with Crippen molar-refractivity contribution in [1.29, 1.82) is 5.26 Å². The molecule has 0 saturated carbocycles. The van der Waals surface area contributed by atoms with E-state index in [0.29, 0.717) is 6.61 Å². The first-order valence-corrected chi connectivity index (χ1v) is 4.39. The zero-order valence-electron chi connectivity index (χ0n) is 8.89. The summed E-state index contributed by atoms with van der Waals surface area (Å²) in [6.45, 7) is 4.64. The molecule has 5 heteroatoms. The highest BCUT2D eigenvalue weighted by atomic mass is 16.5. The second kappa shape index (κ2) is 6.35. The number of rotatable bonds is 6. The fourth-order valence-corrected chi connectivity index (χ4v) is 0.932. The van der Waals surface area contributed by atoms with Crippen LogP contribution in [0, 0.1) is 11.3 Å². The second-order valence-corrected chi connectivity index (χ2v) is 3.61. The highest BCUT2D eigenvalue weighted by molar-refractivity contribution is 5.78. The van der Waals surface area contributed by atoms with Crippen molar-refractivity contribution in [1.82, 2.24) is 10.6 Å². The number of ether oxygens (including phenoxy) is 1. The Morgan fingerprint density at radius 1 is 1.57 bits per heavy atom. The number of methoxy groups -OCH3 is 1. The minimum atomic E-state index is -0.237. The molecule has 0 aliphatic rings.